The van der Waals surface area contributed by atoms with Crippen molar-refractivity contribution in [2.45, 2.75) is 0 Å². The van der Waals surface area contributed by atoms with Crippen LogP contribution in [0.25, 0.3) is 11.0 Å². The number of hydrogen-bond acceptors (Lipinski definition) is 5. The number of nitrogens with one attached hydrogen (secondary N) is 1. The Morgan fingerprint density at radius 3 is 2.70 bits per heavy atom. The maximum Gasteiger partial charge on any atom is 0.296 e. The minimum Gasteiger partial charge on any atom is -0.496 e. The highest BCUT2D eigenvalue weighted by Gasteiger charge is 2.19. The molecule has 0 saturated carbocycles. The van der Waals surface area contributed by atoms with Crippen molar-refractivity contribution < 1.29 is 18.9 Å². The van der Waals surface area contributed by atoms with Crippen LogP contribution in [0.1, 0.15) is 10.6 Å². The number of amides is 1. The van der Waals surface area contributed by atoms with Gasteiger partial charge in [0.2, 0.25) is 0 Å². The van der Waals surface area contributed by atoms with E-state index < -0.39 is 10.8 Å². The third-order valence-electron chi connectivity index (χ3n) is 3.30. The van der Waals surface area contributed by atoms with Crippen molar-refractivity contribution in [2.75, 3.05) is 12.4 Å². The molecule has 0 aliphatic rings. The van der Waals surface area contributed by atoms with Crippen molar-refractivity contribution in [3.63, 3.8) is 0 Å². The average Bonchev–Trinajstić information content (AvgIpc) is 2.99. The van der Waals surface area contributed by atoms with Crippen molar-refractivity contribution in [1.29, 1.82) is 0 Å². The molecule has 1 aromatic heterocycles. The summed E-state index contributed by atoms with van der Waals surface area (Å²) in [5, 5.41) is 14.4. The largest absolute Gasteiger partial charge is 0.496 e. The lowest BCUT2D eigenvalue weighted by Gasteiger charge is -2.06. The SMILES string of the molecule is COc1ccc(NC(=O)c2cc3ccccc3o2)c([N+](=O)[O-])c1. The highest BCUT2D eigenvalue weighted by atomic mass is 16.6. The van der Waals surface area contributed by atoms with Crippen LogP contribution in [-0.4, -0.2) is 17.9 Å². The van der Waals surface area contributed by atoms with Crippen LogP contribution in [0.2, 0.25) is 0 Å². The van der Waals surface area contributed by atoms with E-state index in [0.29, 0.717) is 11.3 Å². The Kier molecular flexibility index (Phi) is 3.68. The lowest BCUT2D eigenvalue weighted by Crippen LogP contribution is -2.12. The van der Waals surface area contributed by atoms with E-state index >= 15 is 0 Å². The minimum atomic E-state index is -0.587. The summed E-state index contributed by atoms with van der Waals surface area (Å²) in [7, 11) is 1.41. The van der Waals surface area contributed by atoms with Gasteiger partial charge >= 0.3 is 0 Å². The number of carbonyl (C=O) groups excluding carboxylic acids is 1. The first kappa shape index (κ1) is 14.6. The van der Waals surface area contributed by atoms with Gasteiger partial charge in [0.1, 0.15) is 17.0 Å². The number of rotatable bonds is 4. The highest BCUT2D eigenvalue weighted by molar-refractivity contribution is 6.05. The predicted molar refractivity (Wildman–Crippen MR) is 83.8 cm³/mol. The van der Waals surface area contributed by atoms with Crippen LogP contribution in [-0.2, 0) is 0 Å². The molecule has 0 aliphatic carbocycles. The fourth-order valence-corrected chi connectivity index (χ4v) is 2.17. The summed E-state index contributed by atoms with van der Waals surface area (Å²) in [6, 6.07) is 12.9. The smallest absolute Gasteiger partial charge is 0.296 e. The number of fused-ring (bicyclic) bond motifs is 1. The molecule has 0 atom stereocenters. The molecule has 7 nitrogen and oxygen atoms in total. The molecule has 0 aliphatic heterocycles. The molecule has 0 unspecified atom stereocenters. The second-order valence-corrected chi connectivity index (χ2v) is 4.74. The second kappa shape index (κ2) is 5.80. The molecule has 0 fully saturated rings. The normalized spacial score (nSPS) is 10.5. The van der Waals surface area contributed by atoms with Gasteiger partial charge in [0, 0.05) is 5.39 Å². The van der Waals surface area contributed by atoms with Gasteiger partial charge in [0.25, 0.3) is 11.6 Å². The number of benzene rings is 2. The standard InChI is InChI=1S/C16H12N2O5/c1-22-11-6-7-12(13(9-11)18(20)21)17-16(19)15-8-10-4-2-3-5-14(10)23-15/h2-9H,1H3,(H,17,19). The number of methoxy groups -OCH3 is 1. The number of carbonyl (C=O) groups is 1. The summed E-state index contributed by atoms with van der Waals surface area (Å²) in [5.74, 6) is -0.149. The van der Waals surface area contributed by atoms with Gasteiger partial charge in [0.05, 0.1) is 18.1 Å². The Hall–Kier alpha value is -3.35. The van der Waals surface area contributed by atoms with Gasteiger partial charge in [0.15, 0.2) is 5.76 Å². The van der Waals surface area contributed by atoms with Crippen LogP contribution in [0.5, 0.6) is 5.75 Å². The summed E-state index contributed by atoms with van der Waals surface area (Å²) >= 11 is 0. The van der Waals surface area contributed by atoms with E-state index in [9.17, 15) is 14.9 Å². The quantitative estimate of drug-likeness (QED) is 0.586. The Morgan fingerprint density at radius 1 is 1.22 bits per heavy atom. The van der Waals surface area contributed by atoms with Crippen molar-refractivity contribution in [3.05, 3.63) is 64.4 Å². The first-order chi connectivity index (χ1) is 11.1. The second-order valence-electron chi connectivity index (χ2n) is 4.74. The number of anilines is 1. The first-order valence-corrected chi connectivity index (χ1v) is 6.71. The van der Waals surface area contributed by atoms with Crippen LogP contribution in [0.15, 0.2) is 52.9 Å². The lowest BCUT2D eigenvalue weighted by atomic mass is 10.2. The Labute approximate surface area is 130 Å². The van der Waals surface area contributed by atoms with Crippen molar-refractivity contribution in [3.8, 4) is 5.75 Å². The molecular weight excluding hydrogens is 300 g/mol. The molecule has 116 valence electrons. The lowest BCUT2D eigenvalue weighted by molar-refractivity contribution is -0.384. The first-order valence-electron chi connectivity index (χ1n) is 6.71. The monoisotopic (exact) mass is 312 g/mol. The number of furan rings is 1. The number of hydrogen-bond donors (Lipinski definition) is 1. The molecule has 0 bridgehead atoms. The molecule has 1 amide bonds. The van der Waals surface area contributed by atoms with Crippen LogP contribution in [0.3, 0.4) is 0 Å². The summed E-state index contributed by atoms with van der Waals surface area (Å²) in [4.78, 5) is 22.8. The zero-order valence-corrected chi connectivity index (χ0v) is 12.1. The van der Waals surface area contributed by atoms with Gasteiger partial charge in [-0.05, 0) is 24.3 Å². The molecule has 2 aromatic carbocycles. The highest BCUT2D eigenvalue weighted by Crippen LogP contribution is 2.29. The third kappa shape index (κ3) is 2.84. The number of nitrogens with zero attached hydrogens (tertiary/aromatic N) is 1. The zero-order chi connectivity index (χ0) is 16.4. The molecule has 23 heavy (non-hydrogen) atoms. The van der Waals surface area contributed by atoms with E-state index in [2.05, 4.69) is 5.32 Å². The number of nitro benzene ring substituents is 1. The maximum atomic E-state index is 12.3. The fraction of sp³-hybridized carbons (Fsp3) is 0.0625. The van der Waals surface area contributed by atoms with E-state index in [4.69, 9.17) is 9.15 Å². The zero-order valence-electron chi connectivity index (χ0n) is 12.1. The van der Waals surface area contributed by atoms with Gasteiger partial charge in [-0.15, -0.1) is 0 Å². The van der Waals surface area contributed by atoms with E-state index in [-0.39, 0.29) is 17.1 Å². The van der Waals surface area contributed by atoms with Crippen LogP contribution < -0.4 is 10.1 Å². The van der Waals surface area contributed by atoms with Crippen molar-refractivity contribution >= 4 is 28.3 Å². The summed E-state index contributed by atoms with van der Waals surface area (Å²) in [6.45, 7) is 0. The number of ether oxygens (including phenoxy) is 1. The van der Waals surface area contributed by atoms with Crippen molar-refractivity contribution in [1.82, 2.24) is 0 Å². The van der Waals surface area contributed by atoms with Gasteiger partial charge in [-0.1, -0.05) is 18.2 Å². The molecule has 7 heteroatoms. The molecule has 3 rings (SSSR count). The van der Waals surface area contributed by atoms with Crippen LogP contribution in [0.4, 0.5) is 11.4 Å². The summed E-state index contributed by atoms with van der Waals surface area (Å²) in [6.07, 6.45) is 0. The molecule has 1 heterocycles. The number of nitro groups is 1. The third-order valence-corrected chi connectivity index (χ3v) is 3.30. The molecule has 3 aromatic rings. The molecule has 0 saturated heterocycles. The fourth-order valence-electron chi connectivity index (χ4n) is 2.17. The maximum absolute atomic E-state index is 12.3. The Balaban J connectivity index is 1.91. The van der Waals surface area contributed by atoms with E-state index in [0.717, 1.165) is 5.39 Å². The van der Waals surface area contributed by atoms with E-state index in [1.165, 1.54) is 25.3 Å². The van der Waals surface area contributed by atoms with Crippen LogP contribution in [0, 0.1) is 10.1 Å². The summed E-state index contributed by atoms with van der Waals surface area (Å²) < 4.78 is 10.4. The predicted octanol–water partition coefficient (Wildman–Crippen LogP) is 3.60. The van der Waals surface area contributed by atoms with Crippen molar-refractivity contribution in [2.24, 2.45) is 0 Å². The van der Waals surface area contributed by atoms with Crippen LogP contribution >= 0.6 is 0 Å². The van der Waals surface area contributed by atoms with Gasteiger partial charge in [-0.3, -0.25) is 14.9 Å². The molecule has 0 radical (unpaired) electrons. The number of para-hydroxylation sites is 1. The Morgan fingerprint density at radius 2 is 2.00 bits per heavy atom. The average molecular weight is 312 g/mol. The molecular formula is C16H12N2O5. The summed E-state index contributed by atoms with van der Waals surface area (Å²) in [5.41, 5.74) is 0.386. The van der Waals surface area contributed by atoms with Gasteiger partial charge < -0.3 is 14.5 Å². The minimum absolute atomic E-state index is 0.0706. The van der Waals surface area contributed by atoms with Gasteiger partial charge in [-0.2, -0.15) is 0 Å². The molecule has 1 N–H and O–H groups in total. The van der Waals surface area contributed by atoms with E-state index in [1.807, 2.05) is 12.1 Å². The topological polar surface area (TPSA) is 94.6 Å². The van der Waals surface area contributed by atoms with E-state index in [1.54, 1.807) is 18.2 Å². The Bertz CT molecular complexity index is 867. The molecule has 0 spiro atoms. The van der Waals surface area contributed by atoms with Gasteiger partial charge in [-0.25, -0.2) is 0 Å².